The molecule has 1 aliphatic heterocycles. The fourth-order valence-electron chi connectivity index (χ4n) is 6.16. The Bertz CT molecular complexity index is 1360. The van der Waals surface area contributed by atoms with Crippen LogP contribution >= 0.6 is 0 Å². The van der Waals surface area contributed by atoms with E-state index in [9.17, 15) is 14.4 Å². The van der Waals surface area contributed by atoms with Gasteiger partial charge < -0.3 is 15.4 Å². The number of fused-ring (bicyclic) bond motifs is 1. The van der Waals surface area contributed by atoms with Crippen molar-refractivity contribution in [1.29, 1.82) is 0 Å². The minimum absolute atomic E-state index is 0.126. The van der Waals surface area contributed by atoms with Crippen LogP contribution in [0.4, 0.5) is 0 Å². The fraction of sp³-hybridized carbons (Fsp3) is 0.571. The van der Waals surface area contributed by atoms with Crippen molar-refractivity contribution in [2.24, 2.45) is 17.3 Å². The van der Waals surface area contributed by atoms with Gasteiger partial charge in [0.15, 0.2) is 11.1 Å². The average molecular weight is 536 g/mol. The number of nitrogens with one attached hydrogen (secondary N) is 2. The maximum Gasteiger partial charge on any atom is 0.321 e. The molecular weight excluding hydrogens is 498 g/mol. The second-order valence-electron chi connectivity index (χ2n) is 11.1. The smallest absolute Gasteiger partial charge is 0.321 e. The first-order valence-corrected chi connectivity index (χ1v) is 13.8. The molecule has 3 atom stereocenters. The molecule has 208 valence electrons. The number of carbonyl (C=O) groups excluding carboxylic acids is 3. The number of ether oxygens (including phenoxy) is 1. The molecule has 3 aromatic heterocycles. The van der Waals surface area contributed by atoms with E-state index in [1.54, 1.807) is 27.5 Å². The largest absolute Gasteiger partial charge is 0.468 e. The highest BCUT2D eigenvalue weighted by molar-refractivity contribution is 6.04. The molecular formula is C28H37N7O4. The highest BCUT2D eigenvalue weighted by Gasteiger charge is 2.53. The zero-order valence-corrected chi connectivity index (χ0v) is 23.0. The highest BCUT2D eigenvalue weighted by Crippen LogP contribution is 2.37. The lowest BCUT2D eigenvalue weighted by atomic mass is 9.78. The van der Waals surface area contributed by atoms with Crippen LogP contribution in [0, 0.1) is 17.3 Å². The fourth-order valence-corrected chi connectivity index (χ4v) is 6.16. The van der Waals surface area contributed by atoms with Crippen LogP contribution in [-0.2, 0) is 27.3 Å². The maximum atomic E-state index is 13.3. The van der Waals surface area contributed by atoms with Gasteiger partial charge in [0.05, 0.1) is 30.7 Å². The molecule has 0 aromatic carbocycles. The Labute approximate surface area is 227 Å². The van der Waals surface area contributed by atoms with Gasteiger partial charge in [-0.1, -0.05) is 19.8 Å². The molecule has 0 bridgehead atoms. The first-order chi connectivity index (χ1) is 18.7. The molecule has 39 heavy (non-hydrogen) atoms. The molecule has 3 aromatic rings. The SMILES string of the molecule is CCn1nccc1C(=O)N[C@H](c1cn2nc(CC3(C(=O)OC)C[C@@H](C)NC3=O)ccc2n1)C1CCC(C)CC1. The van der Waals surface area contributed by atoms with Crippen molar-refractivity contribution in [3.8, 4) is 0 Å². The lowest BCUT2D eigenvalue weighted by molar-refractivity contribution is -0.156. The third kappa shape index (κ3) is 5.14. The number of hydrogen-bond acceptors (Lipinski definition) is 7. The summed E-state index contributed by atoms with van der Waals surface area (Å²) in [6.45, 7) is 6.70. The molecule has 11 nitrogen and oxygen atoms in total. The van der Waals surface area contributed by atoms with E-state index in [0.717, 1.165) is 31.4 Å². The Morgan fingerprint density at radius 1 is 1.21 bits per heavy atom. The summed E-state index contributed by atoms with van der Waals surface area (Å²) in [6.07, 6.45) is 8.17. The van der Waals surface area contributed by atoms with E-state index >= 15 is 0 Å². The molecule has 2 N–H and O–H groups in total. The van der Waals surface area contributed by atoms with Crippen LogP contribution < -0.4 is 10.6 Å². The molecule has 1 saturated carbocycles. The van der Waals surface area contributed by atoms with Crippen LogP contribution in [0.2, 0.25) is 0 Å². The number of aromatic nitrogens is 5. The number of amides is 2. The lowest BCUT2D eigenvalue weighted by Crippen LogP contribution is -2.41. The van der Waals surface area contributed by atoms with E-state index in [1.807, 2.05) is 26.1 Å². The Morgan fingerprint density at radius 3 is 2.64 bits per heavy atom. The van der Waals surface area contributed by atoms with Crippen LogP contribution in [0.5, 0.6) is 0 Å². The number of nitrogens with zero attached hydrogens (tertiary/aromatic N) is 5. The Balaban J connectivity index is 1.45. The molecule has 2 amide bonds. The van der Waals surface area contributed by atoms with Gasteiger partial charge in [-0.25, -0.2) is 9.50 Å². The summed E-state index contributed by atoms with van der Waals surface area (Å²) in [5.41, 5.74) is 1.17. The normalized spacial score (nSPS) is 25.8. The molecule has 1 aliphatic carbocycles. The number of methoxy groups -OCH3 is 1. The number of esters is 1. The van der Waals surface area contributed by atoms with Crippen molar-refractivity contribution in [2.45, 2.75) is 77.9 Å². The second-order valence-corrected chi connectivity index (χ2v) is 11.1. The van der Waals surface area contributed by atoms with Crippen LogP contribution in [0.3, 0.4) is 0 Å². The molecule has 2 aliphatic rings. The first-order valence-electron chi connectivity index (χ1n) is 13.8. The van der Waals surface area contributed by atoms with Gasteiger partial charge in [0.25, 0.3) is 5.91 Å². The van der Waals surface area contributed by atoms with Gasteiger partial charge >= 0.3 is 5.97 Å². The van der Waals surface area contributed by atoms with Gasteiger partial charge in [0, 0.05) is 25.2 Å². The molecule has 11 heteroatoms. The Hall–Kier alpha value is -3.76. The third-order valence-electron chi connectivity index (χ3n) is 8.31. The van der Waals surface area contributed by atoms with Crippen molar-refractivity contribution in [3.63, 3.8) is 0 Å². The van der Waals surface area contributed by atoms with E-state index in [2.05, 4.69) is 22.7 Å². The summed E-state index contributed by atoms with van der Waals surface area (Å²) >= 11 is 0. The Morgan fingerprint density at radius 2 is 1.97 bits per heavy atom. The highest BCUT2D eigenvalue weighted by atomic mass is 16.5. The summed E-state index contributed by atoms with van der Waals surface area (Å²) in [5, 5.41) is 15.1. The zero-order valence-electron chi connectivity index (χ0n) is 23.0. The van der Waals surface area contributed by atoms with E-state index in [0.29, 0.717) is 35.9 Å². The quantitative estimate of drug-likeness (QED) is 0.335. The zero-order chi connectivity index (χ0) is 27.7. The van der Waals surface area contributed by atoms with Gasteiger partial charge in [0.2, 0.25) is 5.91 Å². The number of carbonyl (C=O) groups is 3. The first kappa shape index (κ1) is 26.8. The van der Waals surface area contributed by atoms with Crippen molar-refractivity contribution in [3.05, 3.63) is 47.7 Å². The van der Waals surface area contributed by atoms with Crippen LogP contribution in [-0.4, -0.2) is 55.3 Å². The summed E-state index contributed by atoms with van der Waals surface area (Å²) in [6, 6.07) is 4.95. The molecule has 5 rings (SSSR count). The standard InChI is InChI=1S/C28H37N7O4/c1-5-34-22(12-13-29-34)25(36)32-24(19-8-6-17(2)7-9-19)21-16-35-23(31-21)11-10-20(33-35)15-28(27(38)39-4)14-18(3)30-26(28)37/h10-13,16-19,24H,5-9,14-15H2,1-4H3,(H,30,37)(H,32,36)/t17?,18-,19?,24+,28?/m1/s1. The van der Waals surface area contributed by atoms with E-state index in [4.69, 9.17) is 14.8 Å². The van der Waals surface area contributed by atoms with Gasteiger partial charge in [-0.3, -0.25) is 19.1 Å². The average Bonchev–Trinajstić information content (AvgIpc) is 3.64. The Kier molecular flexibility index (Phi) is 7.42. The van der Waals surface area contributed by atoms with E-state index in [1.165, 1.54) is 7.11 Å². The molecule has 1 saturated heterocycles. The van der Waals surface area contributed by atoms with Crippen molar-refractivity contribution in [2.75, 3.05) is 7.11 Å². The van der Waals surface area contributed by atoms with Crippen LogP contribution in [0.1, 0.15) is 80.8 Å². The van der Waals surface area contributed by atoms with Crippen molar-refractivity contribution >= 4 is 23.4 Å². The number of rotatable bonds is 8. The number of hydrogen-bond donors (Lipinski definition) is 2. The van der Waals surface area contributed by atoms with Crippen molar-refractivity contribution < 1.29 is 19.1 Å². The predicted octanol–water partition coefficient (Wildman–Crippen LogP) is 2.85. The van der Waals surface area contributed by atoms with Crippen LogP contribution in [0.25, 0.3) is 5.65 Å². The molecule has 1 unspecified atom stereocenters. The molecule has 4 heterocycles. The minimum Gasteiger partial charge on any atom is -0.468 e. The van der Waals surface area contributed by atoms with Gasteiger partial charge in [-0.2, -0.15) is 10.2 Å². The summed E-state index contributed by atoms with van der Waals surface area (Å²) < 4.78 is 8.38. The predicted molar refractivity (Wildman–Crippen MR) is 143 cm³/mol. The van der Waals surface area contributed by atoms with Gasteiger partial charge in [-0.15, -0.1) is 0 Å². The lowest BCUT2D eigenvalue weighted by Gasteiger charge is -2.32. The molecule has 0 spiro atoms. The summed E-state index contributed by atoms with van der Waals surface area (Å²) in [7, 11) is 1.30. The van der Waals surface area contributed by atoms with E-state index < -0.39 is 11.4 Å². The van der Waals surface area contributed by atoms with Crippen LogP contribution in [0.15, 0.2) is 30.6 Å². The summed E-state index contributed by atoms with van der Waals surface area (Å²) in [4.78, 5) is 43.7. The number of aryl methyl sites for hydroxylation is 1. The number of imidazole rings is 1. The van der Waals surface area contributed by atoms with Crippen molar-refractivity contribution in [1.82, 2.24) is 35.0 Å². The molecule has 0 radical (unpaired) electrons. The molecule has 2 fully saturated rings. The van der Waals surface area contributed by atoms with E-state index in [-0.39, 0.29) is 36.2 Å². The third-order valence-corrected chi connectivity index (χ3v) is 8.31. The minimum atomic E-state index is -1.31. The second kappa shape index (κ2) is 10.8. The maximum absolute atomic E-state index is 13.3. The summed E-state index contributed by atoms with van der Waals surface area (Å²) in [5.74, 6) is -0.153. The monoisotopic (exact) mass is 535 g/mol. The van der Waals surface area contributed by atoms with Gasteiger partial charge in [0.1, 0.15) is 5.69 Å². The van der Waals surface area contributed by atoms with Gasteiger partial charge in [-0.05, 0) is 63.1 Å². The topological polar surface area (TPSA) is 133 Å².